The van der Waals surface area contributed by atoms with Gasteiger partial charge in [-0.1, -0.05) is 6.07 Å². The first-order chi connectivity index (χ1) is 13.3. The number of nitrogens with one attached hydrogen (secondary N) is 2. The van der Waals surface area contributed by atoms with Gasteiger partial charge in [-0.2, -0.15) is 0 Å². The van der Waals surface area contributed by atoms with Crippen molar-refractivity contribution in [2.75, 3.05) is 24.4 Å². The average molecular weight is 385 g/mol. The fourth-order valence-corrected chi connectivity index (χ4v) is 2.23. The van der Waals surface area contributed by atoms with Crippen LogP contribution < -0.4 is 16.4 Å². The zero-order valence-corrected chi connectivity index (χ0v) is 15.3. The number of benzene rings is 2. The molecule has 9 heteroatoms. The quantitative estimate of drug-likeness (QED) is 0.651. The van der Waals surface area contributed by atoms with Crippen molar-refractivity contribution in [1.29, 1.82) is 0 Å². The van der Waals surface area contributed by atoms with Crippen molar-refractivity contribution >= 4 is 35.3 Å². The predicted octanol–water partition coefficient (Wildman–Crippen LogP) is 2.07. The zero-order valence-electron chi connectivity index (χ0n) is 15.3. The van der Waals surface area contributed by atoms with Crippen LogP contribution in [0.4, 0.5) is 16.2 Å². The lowest BCUT2D eigenvalue weighted by atomic mass is 10.1. The van der Waals surface area contributed by atoms with E-state index in [4.69, 9.17) is 10.5 Å². The number of nitrogens with two attached hydrogens (primary N) is 1. The third-order valence-electron chi connectivity index (χ3n) is 3.66. The number of amides is 3. The Morgan fingerprint density at radius 2 is 1.57 bits per heavy atom. The molecule has 2 aromatic carbocycles. The van der Waals surface area contributed by atoms with Crippen molar-refractivity contribution in [1.82, 2.24) is 0 Å². The highest BCUT2D eigenvalue weighted by Gasteiger charge is 2.13. The number of esters is 2. The Labute approximate surface area is 160 Å². The summed E-state index contributed by atoms with van der Waals surface area (Å²) in [5.41, 5.74) is 7.04. The van der Waals surface area contributed by atoms with Crippen molar-refractivity contribution in [2.24, 2.45) is 5.73 Å². The summed E-state index contributed by atoms with van der Waals surface area (Å²) in [6.07, 6.45) is 0. The number of primary amides is 1. The molecule has 0 saturated carbocycles. The van der Waals surface area contributed by atoms with E-state index < -0.39 is 30.5 Å². The van der Waals surface area contributed by atoms with Crippen LogP contribution in [0.25, 0.3) is 0 Å². The largest absolute Gasteiger partial charge is 0.465 e. The van der Waals surface area contributed by atoms with Crippen LogP contribution in [0.15, 0.2) is 42.5 Å². The fraction of sp³-hybridized carbons (Fsp3) is 0.158. The number of ether oxygens (including phenoxy) is 2. The molecule has 28 heavy (non-hydrogen) atoms. The van der Waals surface area contributed by atoms with Gasteiger partial charge >= 0.3 is 18.0 Å². The van der Waals surface area contributed by atoms with Crippen LogP contribution in [-0.2, 0) is 14.3 Å². The molecular weight excluding hydrogens is 366 g/mol. The van der Waals surface area contributed by atoms with E-state index in [1.807, 2.05) is 0 Å². The molecule has 2 rings (SSSR count). The van der Waals surface area contributed by atoms with E-state index in [0.717, 1.165) is 5.56 Å². The van der Waals surface area contributed by atoms with E-state index in [-0.39, 0.29) is 11.1 Å². The molecule has 0 saturated heterocycles. The van der Waals surface area contributed by atoms with Crippen molar-refractivity contribution in [3.8, 4) is 0 Å². The van der Waals surface area contributed by atoms with Crippen LogP contribution in [0.2, 0.25) is 0 Å². The van der Waals surface area contributed by atoms with Crippen LogP contribution in [0, 0.1) is 6.92 Å². The molecule has 0 bridgehead atoms. The molecule has 0 fully saturated rings. The summed E-state index contributed by atoms with van der Waals surface area (Å²) in [6, 6.07) is 9.80. The first-order valence-corrected chi connectivity index (χ1v) is 8.12. The van der Waals surface area contributed by atoms with Gasteiger partial charge in [-0.15, -0.1) is 0 Å². The average Bonchev–Trinajstić information content (AvgIpc) is 2.67. The van der Waals surface area contributed by atoms with Crippen LogP contribution in [0.3, 0.4) is 0 Å². The molecular formula is C19H19N3O6. The van der Waals surface area contributed by atoms with Gasteiger partial charge in [-0.3, -0.25) is 4.79 Å². The number of rotatable bonds is 6. The Kier molecular flexibility index (Phi) is 6.69. The predicted molar refractivity (Wildman–Crippen MR) is 101 cm³/mol. The minimum Gasteiger partial charge on any atom is -0.465 e. The van der Waals surface area contributed by atoms with Crippen molar-refractivity contribution in [2.45, 2.75) is 6.92 Å². The summed E-state index contributed by atoms with van der Waals surface area (Å²) in [7, 11) is 1.26. The summed E-state index contributed by atoms with van der Waals surface area (Å²) >= 11 is 0. The van der Waals surface area contributed by atoms with Crippen LogP contribution in [0.5, 0.6) is 0 Å². The van der Waals surface area contributed by atoms with Gasteiger partial charge in [0.25, 0.3) is 5.91 Å². The topological polar surface area (TPSA) is 137 Å². The van der Waals surface area contributed by atoms with Crippen LogP contribution >= 0.6 is 0 Å². The van der Waals surface area contributed by atoms with Gasteiger partial charge in [0.05, 0.1) is 18.2 Å². The van der Waals surface area contributed by atoms with Gasteiger partial charge in [0.2, 0.25) is 0 Å². The first-order valence-electron chi connectivity index (χ1n) is 8.12. The second kappa shape index (κ2) is 9.17. The summed E-state index contributed by atoms with van der Waals surface area (Å²) in [5, 5.41) is 4.94. The number of hydrogen-bond donors (Lipinski definition) is 3. The van der Waals surface area contributed by atoms with Gasteiger partial charge in [0.1, 0.15) is 0 Å². The number of urea groups is 1. The summed E-state index contributed by atoms with van der Waals surface area (Å²) in [6.45, 7) is 1.24. The van der Waals surface area contributed by atoms with Crippen LogP contribution in [-0.4, -0.2) is 37.6 Å². The molecule has 0 aliphatic heterocycles. The molecule has 0 aliphatic carbocycles. The van der Waals surface area contributed by atoms with Crippen molar-refractivity contribution in [3.05, 3.63) is 59.2 Å². The van der Waals surface area contributed by atoms with Gasteiger partial charge in [-0.25, -0.2) is 14.4 Å². The molecule has 0 heterocycles. The lowest BCUT2D eigenvalue weighted by Gasteiger charge is -2.10. The molecule has 4 N–H and O–H groups in total. The number of aryl methyl sites for hydroxylation is 1. The van der Waals surface area contributed by atoms with Crippen LogP contribution in [0.1, 0.15) is 26.3 Å². The minimum absolute atomic E-state index is 0.201. The first kappa shape index (κ1) is 20.4. The molecule has 0 aliphatic rings. The van der Waals surface area contributed by atoms with Crippen molar-refractivity contribution < 1.29 is 28.7 Å². The van der Waals surface area contributed by atoms with E-state index in [1.54, 1.807) is 19.1 Å². The summed E-state index contributed by atoms with van der Waals surface area (Å²) in [4.78, 5) is 46.4. The third-order valence-corrected chi connectivity index (χ3v) is 3.66. The SMILES string of the molecule is COC(=O)c1ccc(C)c(NC(=O)COC(=O)c2ccc(NC(N)=O)cc2)c1. The van der Waals surface area contributed by atoms with E-state index in [2.05, 4.69) is 15.4 Å². The zero-order chi connectivity index (χ0) is 20.7. The molecule has 0 spiro atoms. The molecule has 0 radical (unpaired) electrons. The molecule has 0 unspecified atom stereocenters. The normalized spacial score (nSPS) is 9.93. The molecule has 9 nitrogen and oxygen atoms in total. The highest BCUT2D eigenvalue weighted by Crippen LogP contribution is 2.17. The minimum atomic E-state index is -0.724. The molecule has 2 aromatic rings. The Balaban J connectivity index is 1.94. The smallest absolute Gasteiger partial charge is 0.338 e. The van der Waals surface area contributed by atoms with Gasteiger partial charge in [0, 0.05) is 11.4 Å². The summed E-state index contributed by atoms with van der Waals surface area (Å²) in [5.74, 6) is -1.80. The number of carbonyl (C=O) groups excluding carboxylic acids is 4. The second-order valence-corrected chi connectivity index (χ2v) is 5.71. The number of anilines is 2. The maximum atomic E-state index is 12.1. The van der Waals surface area contributed by atoms with E-state index >= 15 is 0 Å². The maximum absolute atomic E-state index is 12.1. The standard InChI is InChI=1S/C19H19N3O6/c1-11-3-4-13(17(24)27-2)9-15(11)22-16(23)10-28-18(25)12-5-7-14(8-6-12)21-19(20)26/h3-9H,10H2,1-2H3,(H,22,23)(H3,20,21,26). The van der Waals surface area contributed by atoms with Gasteiger partial charge in [0.15, 0.2) is 6.61 Å². The Morgan fingerprint density at radius 1 is 0.929 bits per heavy atom. The Hall–Kier alpha value is -3.88. The number of hydrogen-bond acceptors (Lipinski definition) is 6. The molecule has 146 valence electrons. The fourth-order valence-electron chi connectivity index (χ4n) is 2.23. The van der Waals surface area contributed by atoms with Crippen molar-refractivity contribution in [3.63, 3.8) is 0 Å². The Bertz CT molecular complexity index is 908. The third kappa shape index (κ3) is 5.56. The highest BCUT2D eigenvalue weighted by molar-refractivity contribution is 5.98. The maximum Gasteiger partial charge on any atom is 0.338 e. The second-order valence-electron chi connectivity index (χ2n) is 5.71. The molecule has 0 aromatic heterocycles. The van der Waals surface area contributed by atoms with E-state index in [1.165, 1.54) is 37.4 Å². The number of carbonyl (C=O) groups is 4. The van der Waals surface area contributed by atoms with Gasteiger partial charge < -0.3 is 25.8 Å². The lowest BCUT2D eigenvalue weighted by Crippen LogP contribution is -2.22. The number of methoxy groups -OCH3 is 1. The lowest BCUT2D eigenvalue weighted by molar-refractivity contribution is -0.119. The highest BCUT2D eigenvalue weighted by atomic mass is 16.5. The monoisotopic (exact) mass is 385 g/mol. The Morgan fingerprint density at radius 3 is 2.18 bits per heavy atom. The van der Waals surface area contributed by atoms with Gasteiger partial charge in [-0.05, 0) is 48.9 Å². The molecule has 0 atom stereocenters. The van der Waals surface area contributed by atoms with E-state index in [9.17, 15) is 19.2 Å². The van der Waals surface area contributed by atoms with E-state index in [0.29, 0.717) is 11.4 Å². The summed E-state index contributed by atoms with van der Waals surface area (Å²) < 4.78 is 9.61. The molecule has 3 amide bonds.